The number of methoxy groups -OCH3 is 1. The van der Waals surface area contributed by atoms with E-state index < -0.39 is 28.8 Å². The molecule has 2 rings (SSSR count). The Kier molecular flexibility index (Phi) is 5.69. The number of nitrogens with zero attached hydrogens (tertiary/aromatic N) is 1. The highest BCUT2D eigenvalue weighted by Crippen LogP contribution is 2.39. The number of hydrogen-bond acceptors (Lipinski definition) is 7. The maximum atomic E-state index is 11.8. The summed E-state index contributed by atoms with van der Waals surface area (Å²) in [6.45, 7) is -0.0978. The Morgan fingerprint density at radius 3 is 2.62 bits per heavy atom. The van der Waals surface area contributed by atoms with Crippen LogP contribution >= 0.6 is 0 Å². The number of amides is 1. The third kappa shape index (κ3) is 4.66. The predicted octanol–water partition coefficient (Wildman–Crippen LogP) is 0.260. The maximum absolute atomic E-state index is 11.8. The minimum absolute atomic E-state index is 0.0177. The summed E-state index contributed by atoms with van der Waals surface area (Å²) in [5, 5.41) is 22.9. The molecular formula is C15H18N2O7. The molecule has 1 aromatic rings. The summed E-state index contributed by atoms with van der Waals surface area (Å²) in [6, 6.07) is 5.44. The number of esters is 1. The Balaban J connectivity index is 1.68. The molecule has 1 aromatic carbocycles. The molecule has 0 radical (unpaired) electrons. The number of nitro benzene ring substituents is 1. The molecule has 0 aromatic heterocycles. The predicted molar refractivity (Wildman–Crippen MR) is 81.2 cm³/mol. The zero-order chi connectivity index (χ0) is 17.7. The normalized spacial score (nSPS) is 19.9. The molecule has 0 bridgehead atoms. The van der Waals surface area contributed by atoms with Crippen LogP contribution in [0.25, 0.3) is 0 Å². The third-order valence-electron chi connectivity index (χ3n) is 3.63. The standard InChI is InChI=1S/C15H18N2O7/c1-23-15(20)13-6-12(13)14(19)16-7-10(18)8-24-11-4-2-9(3-5-11)17(21)22/h2-5,10,12-13,18H,6-8H2,1H3,(H,16,19)/t10?,12-,13+/m1/s1. The summed E-state index contributed by atoms with van der Waals surface area (Å²) < 4.78 is 9.85. The molecule has 24 heavy (non-hydrogen) atoms. The van der Waals surface area contributed by atoms with E-state index in [1.807, 2.05) is 0 Å². The van der Waals surface area contributed by atoms with Gasteiger partial charge in [0.25, 0.3) is 5.69 Å². The molecule has 1 saturated carbocycles. The van der Waals surface area contributed by atoms with Crippen LogP contribution in [0, 0.1) is 22.0 Å². The van der Waals surface area contributed by atoms with Crippen LogP contribution in [0.5, 0.6) is 5.75 Å². The Morgan fingerprint density at radius 2 is 2.04 bits per heavy atom. The molecular weight excluding hydrogens is 320 g/mol. The highest BCUT2D eigenvalue weighted by Gasteiger charge is 2.48. The van der Waals surface area contributed by atoms with Crippen molar-refractivity contribution in [3.05, 3.63) is 34.4 Å². The summed E-state index contributed by atoms with van der Waals surface area (Å²) >= 11 is 0. The van der Waals surface area contributed by atoms with Gasteiger partial charge in [-0.05, 0) is 18.6 Å². The lowest BCUT2D eigenvalue weighted by atomic mass is 10.3. The number of benzene rings is 1. The highest BCUT2D eigenvalue weighted by atomic mass is 16.6. The van der Waals surface area contributed by atoms with E-state index in [9.17, 15) is 24.8 Å². The number of aliphatic hydroxyl groups is 1. The smallest absolute Gasteiger partial charge is 0.309 e. The fourth-order valence-electron chi connectivity index (χ4n) is 2.16. The van der Waals surface area contributed by atoms with E-state index >= 15 is 0 Å². The van der Waals surface area contributed by atoms with E-state index in [1.54, 1.807) is 0 Å². The molecule has 0 spiro atoms. The number of carbonyl (C=O) groups is 2. The maximum Gasteiger partial charge on any atom is 0.309 e. The average Bonchev–Trinajstić information content (AvgIpc) is 3.38. The van der Waals surface area contributed by atoms with Gasteiger partial charge in [-0.3, -0.25) is 19.7 Å². The number of aliphatic hydroxyl groups excluding tert-OH is 1. The zero-order valence-electron chi connectivity index (χ0n) is 13.0. The molecule has 9 nitrogen and oxygen atoms in total. The van der Waals surface area contributed by atoms with Gasteiger partial charge in [-0.1, -0.05) is 0 Å². The topological polar surface area (TPSA) is 128 Å². The molecule has 0 aliphatic heterocycles. The first-order chi connectivity index (χ1) is 11.4. The molecule has 1 fully saturated rings. The lowest BCUT2D eigenvalue weighted by Gasteiger charge is -2.13. The fourth-order valence-corrected chi connectivity index (χ4v) is 2.16. The van der Waals surface area contributed by atoms with Crippen molar-refractivity contribution >= 4 is 17.6 Å². The lowest BCUT2D eigenvalue weighted by molar-refractivity contribution is -0.384. The SMILES string of the molecule is COC(=O)[C@H]1C[C@H]1C(=O)NCC(O)COc1ccc([N+](=O)[O-])cc1. The van der Waals surface area contributed by atoms with Crippen LogP contribution in [0.2, 0.25) is 0 Å². The fraction of sp³-hybridized carbons (Fsp3) is 0.467. The van der Waals surface area contributed by atoms with Gasteiger partial charge >= 0.3 is 5.97 Å². The van der Waals surface area contributed by atoms with E-state index in [0.29, 0.717) is 12.2 Å². The first-order valence-electron chi connectivity index (χ1n) is 7.33. The van der Waals surface area contributed by atoms with Gasteiger partial charge in [-0.2, -0.15) is 0 Å². The van der Waals surface area contributed by atoms with Crippen molar-refractivity contribution in [2.24, 2.45) is 11.8 Å². The Bertz CT molecular complexity index is 617. The Hall–Kier alpha value is -2.68. The van der Waals surface area contributed by atoms with E-state index in [4.69, 9.17) is 4.74 Å². The number of carbonyl (C=O) groups excluding carboxylic acids is 2. The second kappa shape index (κ2) is 7.73. The molecule has 3 atom stereocenters. The summed E-state index contributed by atoms with van der Waals surface area (Å²) in [6.07, 6.45) is -0.493. The molecule has 2 N–H and O–H groups in total. The van der Waals surface area contributed by atoms with Crippen molar-refractivity contribution in [3.63, 3.8) is 0 Å². The number of ether oxygens (including phenoxy) is 2. The Morgan fingerprint density at radius 1 is 1.38 bits per heavy atom. The number of rotatable bonds is 8. The second-order valence-corrected chi connectivity index (χ2v) is 5.43. The highest BCUT2D eigenvalue weighted by molar-refractivity contribution is 5.90. The molecule has 1 aliphatic carbocycles. The molecule has 1 amide bonds. The van der Waals surface area contributed by atoms with Gasteiger partial charge in [0, 0.05) is 18.7 Å². The summed E-state index contributed by atoms with van der Waals surface area (Å²) in [7, 11) is 1.27. The van der Waals surface area contributed by atoms with Gasteiger partial charge in [-0.15, -0.1) is 0 Å². The van der Waals surface area contributed by atoms with Gasteiger partial charge in [0.2, 0.25) is 5.91 Å². The molecule has 130 valence electrons. The van der Waals surface area contributed by atoms with Crippen molar-refractivity contribution in [3.8, 4) is 5.75 Å². The van der Waals surface area contributed by atoms with E-state index in [1.165, 1.54) is 31.4 Å². The van der Waals surface area contributed by atoms with Gasteiger partial charge in [0.05, 0.1) is 23.9 Å². The van der Waals surface area contributed by atoms with Crippen LogP contribution in [0.4, 0.5) is 5.69 Å². The van der Waals surface area contributed by atoms with E-state index in [2.05, 4.69) is 10.1 Å². The van der Waals surface area contributed by atoms with Crippen LogP contribution in [0.3, 0.4) is 0 Å². The summed E-state index contributed by atoms with van der Waals surface area (Å²) in [5.41, 5.74) is -0.0558. The van der Waals surface area contributed by atoms with Crippen LogP contribution in [0.15, 0.2) is 24.3 Å². The van der Waals surface area contributed by atoms with Crippen LogP contribution in [-0.4, -0.2) is 48.3 Å². The average molecular weight is 338 g/mol. The molecule has 1 unspecified atom stereocenters. The van der Waals surface area contributed by atoms with Gasteiger partial charge in [0.1, 0.15) is 18.5 Å². The zero-order valence-corrected chi connectivity index (χ0v) is 13.0. The van der Waals surface area contributed by atoms with Crippen LogP contribution in [-0.2, 0) is 14.3 Å². The van der Waals surface area contributed by atoms with Crippen molar-refractivity contribution < 1.29 is 29.1 Å². The molecule has 0 heterocycles. The quantitative estimate of drug-likeness (QED) is 0.395. The largest absolute Gasteiger partial charge is 0.491 e. The van der Waals surface area contributed by atoms with Crippen LogP contribution < -0.4 is 10.1 Å². The lowest BCUT2D eigenvalue weighted by Crippen LogP contribution is -2.36. The number of nitro groups is 1. The Labute approximate surface area is 137 Å². The second-order valence-electron chi connectivity index (χ2n) is 5.43. The number of hydrogen-bond donors (Lipinski definition) is 2. The number of non-ortho nitro benzene ring substituents is 1. The molecule has 0 saturated heterocycles. The van der Waals surface area contributed by atoms with Gasteiger partial charge < -0.3 is 19.9 Å². The minimum Gasteiger partial charge on any atom is -0.491 e. The first kappa shape index (κ1) is 17.7. The van der Waals surface area contributed by atoms with Crippen molar-refractivity contribution in [1.29, 1.82) is 0 Å². The monoisotopic (exact) mass is 338 g/mol. The van der Waals surface area contributed by atoms with Crippen molar-refractivity contribution in [2.45, 2.75) is 12.5 Å². The first-order valence-corrected chi connectivity index (χ1v) is 7.33. The number of nitrogens with one attached hydrogen (secondary N) is 1. The van der Waals surface area contributed by atoms with Crippen LogP contribution in [0.1, 0.15) is 6.42 Å². The van der Waals surface area contributed by atoms with Gasteiger partial charge in [-0.25, -0.2) is 0 Å². The van der Waals surface area contributed by atoms with Gasteiger partial charge in [0.15, 0.2) is 0 Å². The van der Waals surface area contributed by atoms with E-state index in [0.717, 1.165) is 0 Å². The summed E-state index contributed by atoms with van der Waals surface area (Å²) in [5.74, 6) is -1.14. The summed E-state index contributed by atoms with van der Waals surface area (Å²) in [4.78, 5) is 33.0. The minimum atomic E-state index is -0.945. The van der Waals surface area contributed by atoms with Crippen molar-refractivity contribution in [2.75, 3.05) is 20.3 Å². The van der Waals surface area contributed by atoms with Crippen molar-refractivity contribution in [1.82, 2.24) is 5.32 Å². The molecule has 1 aliphatic rings. The molecule has 9 heteroatoms. The van der Waals surface area contributed by atoms with E-state index in [-0.39, 0.29) is 24.7 Å². The third-order valence-corrected chi connectivity index (χ3v) is 3.63.